The number of anilines is 2. The first kappa shape index (κ1) is 23.2. The third-order valence-corrected chi connectivity index (χ3v) is 7.45. The number of aromatic nitrogens is 2. The maximum absolute atomic E-state index is 12.5. The lowest BCUT2D eigenvalue weighted by atomic mass is 10.1. The van der Waals surface area contributed by atoms with Crippen molar-refractivity contribution >= 4 is 49.8 Å². The maximum atomic E-state index is 12.5. The number of aryl methyl sites for hydroxylation is 2. The fourth-order valence-corrected chi connectivity index (χ4v) is 5.49. The number of rotatable bonds is 8. The second-order valence-corrected chi connectivity index (χ2v) is 11.4. The first-order valence-electron chi connectivity index (χ1n) is 9.59. The predicted molar refractivity (Wildman–Crippen MR) is 128 cm³/mol. The van der Waals surface area contributed by atoms with E-state index in [1.807, 2.05) is 39.0 Å². The molecular formula is C21H24N4O3S3. The van der Waals surface area contributed by atoms with Gasteiger partial charge in [-0.25, -0.2) is 8.42 Å². The highest BCUT2D eigenvalue weighted by Gasteiger charge is 2.20. The third-order valence-electron chi connectivity index (χ3n) is 4.47. The molecule has 3 rings (SSSR count). The zero-order valence-electron chi connectivity index (χ0n) is 17.7. The van der Waals surface area contributed by atoms with Crippen LogP contribution in [0.15, 0.2) is 46.8 Å². The average molecular weight is 477 g/mol. The number of hydrogen-bond acceptors (Lipinski definition) is 7. The van der Waals surface area contributed by atoms with Crippen molar-refractivity contribution in [2.24, 2.45) is 0 Å². The lowest BCUT2D eigenvalue weighted by Gasteiger charge is -2.25. The van der Waals surface area contributed by atoms with Gasteiger partial charge in [0.25, 0.3) is 5.91 Å². The summed E-state index contributed by atoms with van der Waals surface area (Å²) in [7, 11) is -3.49. The second kappa shape index (κ2) is 9.80. The van der Waals surface area contributed by atoms with Crippen molar-refractivity contribution in [3.63, 3.8) is 0 Å². The molecule has 0 fully saturated rings. The highest BCUT2D eigenvalue weighted by molar-refractivity contribution is 8.01. The van der Waals surface area contributed by atoms with Crippen molar-refractivity contribution in [1.29, 1.82) is 0 Å². The lowest BCUT2D eigenvalue weighted by Crippen LogP contribution is -2.30. The van der Waals surface area contributed by atoms with Crippen molar-refractivity contribution in [2.75, 3.05) is 21.6 Å². The molecule has 1 heterocycles. The van der Waals surface area contributed by atoms with E-state index in [0.29, 0.717) is 16.4 Å². The fourth-order valence-electron chi connectivity index (χ4n) is 2.91. The lowest BCUT2D eigenvalue weighted by molar-refractivity contribution is 0.102. The summed E-state index contributed by atoms with van der Waals surface area (Å²) in [5.74, 6) is 0.599. The molecule has 1 amide bonds. The van der Waals surface area contributed by atoms with Crippen LogP contribution in [0.1, 0.15) is 34.0 Å². The van der Waals surface area contributed by atoms with Crippen LogP contribution in [0.2, 0.25) is 0 Å². The number of thioether (sulfide) groups is 1. The number of carbonyl (C=O) groups excluding carboxylic acids is 1. The highest BCUT2D eigenvalue weighted by atomic mass is 32.2. The average Bonchev–Trinajstić information content (AvgIpc) is 3.15. The Kier molecular flexibility index (Phi) is 7.34. The number of benzene rings is 2. The summed E-state index contributed by atoms with van der Waals surface area (Å²) in [5.41, 5.74) is 3.76. The molecule has 2 aromatic carbocycles. The molecule has 0 radical (unpaired) electrons. The Labute approximate surface area is 191 Å². The fraction of sp³-hybridized carbons (Fsp3) is 0.286. The van der Waals surface area contributed by atoms with Gasteiger partial charge in [-0.1, -0.05) is 54.3 Å². The molecule has 3 aromatic rings. The molecule has 0 aliphatic rings. The van der Waals surface area contributed by atoms with E-state index in [4.69, 9.17) is 0 Å². The van der Waals surface area contributed by atoms with Gasteiger partial charge in [0.15, 0.2) is 4.34 Å². The Morgan fingerprint density at radius 3 is 2.48 bits per heavy atom. The Balaban J connectivity index is 1.76. The number of sulfonamides is 1. The van der Waals surface area contributed by atoms with Crippen LogP contribution in [0.5, 0.6) is 0 Å². The monoisotopic (exact) mass is 476 g/mol. The van der Waals surface area contributed by atoms with E-state index < -0.39 is 10.0 Å². The molecule has 0 atom stereocenters. The zero-order chi connectivity index (χ0) is 22.6. The summed E-state index contributed by atoms with van der Waals surface area (Å²) in [5, 5.41) is 11.2. The minimum absolute atomic E-state index is 0.180. The number of nitrogens with zero attached hydrogens (tertiary/aromatic N) is 3. The van der Waals surface area contributed by atoms with E-state index in [1.54, 1.807) is 36.0 Å². The van der Waals surface area contributed by atoms with Gasteiger partial charge in [-0.05, 0) is 54.5 Å². The van der Waals surface area contributed by atoms with Gasteiger partial charge in [-0.15, -0.1) is 10.2 Å². The quantitative estimate of drug-likeness (QED) is 0.381. The van der Waals surface area contributed by atoms with Crippen LogP contribution in [0, 0.1) is 13.8 Å². The van der Waals surface area contributed by atoms with Crippen molar-refractivity contribution in [2.45, 2.75) is 31.7 Å². The first-order chi connectivity index (χ1) is 14.7. The number of hydrogen-bond donors (Lipinski definition) is 1. The van der Waals surface area contributed by atoms with Crippen molar-refractivity contribution in [3.8, 4) is 0 Å². The molecule has 10 heteroatoms. The molecule has 1 aromatic heterocycles. The van der Waals surface area contributed by atoms with Gasteiger partial charge in [0, 0.05) is 5.56 Å². The zero-order valence-corrected chi connectivity index (χ0v) is 20.2. The van der Waals surface area contributed by atoms with Crippen LogP contribution in [-0.2, 0) is 16.6 Å². The molecular weight excluding hydrogens is 452 g/mol. The van der Waals surface area contributed by atoms with E-state index in [-0.39, 0.29) is 12.5 Å². The van der Waals surface area contributed by atoms with Gasteiger partial charge < -0.3 is 0 Å². The second-order valence-electron chi connectivity index (χ2n) is 7.02. The van der Waals surface area contributed by atoms with Crippen LogP contribution < -0.4 is 9.62 Å². The van der Waals surface area contributed by atoms with Crippen molar-refractivity contribution in [1.82, 2.24) is 10.2 Å². The van der Waals surface area contributed by atoms with Crippen LogP contribution >= 0.6 is 23.1 Å². The molecule has 1 N–H and O–H groups in total. The maximum Gasteiger partial charge on any atom is 0.257 e. The minimum Gasteiger partial charge on any atom is -0.296 e. The van der Waals surface area contributed by atoms with Crippen molar-refractivity contribution < 1.29 is 13.2 Å². The molecule has 0 aliphatic heterocycles. The first-order valence-corrected chi connectivity index (χ1v) is 13.2. The molecule has 7 nitrogen and oxygen atoms in total. The van der Waals surface area contributed by atoms with Gasteiger partial charge in [0.1, 0.15) is 0 Å². The minimum atomic E-state index is -3.49. The summed E-state index contributed by atoms with van der Waals surface area (Å²) in [6.45, 7) is 6.02. The molecule has 0 unspecified atom stereocenters. The van der Waals surface area contributed by atoms with E-state index in [0.717, 1.165) is 26.8 Å². The van der Waals surface area contributed by atoms with Crippen LogP contribution in [0.4, 0.5) is 10.8 Å². The van der Waals surface area contributed by atoms with Crippen LogP contribution in [-0.4, -0.2) is 36.5 Å². The Hall–Kier alpha value is -2.43. The van der Waals surface area contributed by atoms with Crippen molar-refractivity contribution in [3.05, 3.63) is 64.7 Å². The topological polar surface area (TPSA) is 92.3 Å². The molecule has 0 aliphatic carbocycles. The summed E-state index contributed by atoms with van der Waals surface area (Å²) < 4.78 is 27.1. The van der Waals surface area contributed by atoms with Gasteiger partial charge in [-0.2, -0.15) is 0 Å². The van der Waals surface area contributed by atoms with Crippen LogP contribution in [0.3, 0.4) is 0 Å². The van der Waals surface area contributed by atoms with Gasteiger partial charge >= 0.3 is 0 Å². The molecule has 0 saturated heterocycles. The Bertz CT molecular complexity index is 1170. The van der Waals surface area contributed by atoms with Gasteiger partial charge in [0.2, 0.25) is 15.2 Å². The number of amides is 1. The van der Waals surface area contributed by atoms with E-state index in [2.05, 4.69) is 15.5 Å². The largest absolute Gasteiger partial charge is 0.296 e. The van der Waals surface area contributed by atoms with Gasteiger partial charge in [-0.3, -0.25) is 14.4 Å². The van der Waals surface area contributed by atoms with Gasteiger partial charge in [0.05, 0.1) is 18.5 Å². The van der Waals surface area contributed by atoms with Crippen LogP contribution in [0.25, 0.3) is 0 Å². The molecule has 0 bridgehead atoms. The van der Waals surface area contributed by atoms with E-state index >= 15 is 0 Å². The highest BCUT2D eigenvalue weighted by Crippen LogP contribution is 2.27. The smallest absolute Gasteiger partial charge is 0.257 e. The SMILES string of the molecule is CCSc1nnc(NC(=O)c2ccc(CN(c3cc(C)ccc3C)S(C)(=O)=O)cc2)s1. The molecule has 0 spiro atoms. The molecule has 31 heavy (non-hydrogen) atoms. The normalized spacial score (nSPS) is 11.4. The summed E-state index contributed by atoms with van der Waals surface area (Å²) in [6, 6.07) is 12.6. The summed E-state index contributed by atoms with van der Waals surface area (Å²) in [6.07, 6.45) is 1.20. The van der Waals surface area contributed by atoms with E-state index in [9.17, 15) is 13.2 Å². The number of carbonyl (C=O) groups is 1. The summed E-state index contributed by atoms with van der Waals surface area (Å²) in [4.78, 5) is 12.5. The Morgan fingerprint density at radius 2 is 1.84 bits per heavy atom. The molecule has 0 saturated carbocycles. The predicted octanol–water partition coefficient (Wildman–Crippen LogP) is 4.49. The third kappa shape index (κ3) is 6.05. The standard InChI is InChI=1S/C21H24N4O3S3/c1-5-29-21-24-23-20(30-21)22-19(26)17-10-8-16(9-11-17)13-25(31(4,27)28)18-12-14(2)6-7-15(18)3/h6-12H,5,13H2,1-4H3,(H,22,23,26). The van der Waals surface area contributed by atoms with E-state index in [1.165, 1.54) is 21.9 Å². The molecule has 164 valence electrons. The Morgan fingerprint density at radius 1 is 1.13 bits per heavy atom. The summed E-state index contributed by atoms with van der Waals surface area (Å²) >= 11 is 2.90. The number of nitrogens with one attached hydrogen (secondary N) is 1.